The summed E-state index contributed by atoms with van der Waals surface area (Å²) in [6.45, 7) is 2.78. The Kier molecular flexibility index (Phi) is 11.9. The van der Waals surface area contributed by atoms with Crippen LogP contribution in [0.1, 0.15) is 64.7 Å². The van der Waals surface area contributed by atoms with E-state index >= 15 is 0 Å². The highest BCUT2D eigenvalue weighted by molar-refractivity contribution is 4.50. The van der Waals surface area contributed by atoms with Crippen molar-refractivity contribution in [1.29, 1.82) is 0 Å². The molecule has 0 rings (SSSR count). The van der Waals surface area contributed by atoms with E-state index in [4.69, 9.17) is 9.84 Å². The number of rotatable bonds is 11. The highest BCUT2D eigenvalue weighted by Crippen LogP contribution is 2.10. The molecular formula is C13H28O2. The molecule has 0 saturated heterocycles. The number of unbranched alkanes of at least 4 members (excludes halogenated alkanes) is 7. The molecule has 0 amide bonds. The van der Waals surface area contributed by atoms with Gasteiger partial charge in [-0.2, -0.15) is 0 Å². The Labute approximate surface area is 95.0 Å². The monoisotopic (exact) mass is 216 g/mol. The normalized spacial score (nSPS) is 13.0. The van der Waals surface area contributed by atoms with Crippen LogP contribution in [0.2, 0.25) is 0 Å². The van der Waals surface area contributed by atoms with E-state index in [1.165, 1.54) is 51.4 Å². The van der Waals surface area contributed by atoms with Crippen LogP contribution in [-0.2, 0) is 4.74 Å². The molecule has 0 aromatic rings. The van der Waals surface area contributed by atoms with Gasteiger partial charge in [-0.1, -0.05) is 44.9 Å². The molecule has 0 aliphatic heterocycles. The molecule has 1 N–H and O–H groups in total. The van der Waals surface area contributed by atoms with Gasteiger partial charge in [0.1, 0.15) is 0 Å². The van der Waals surface area contributed by atoms with Gasteiger partial charge in [0.2, 0.25) is 0 Å². The lowest BCUT2D eigenvalue weighted by atomic mass is 10.1. The first-order chi connectivity index (χ1) is 7.27. The van der Waals surface area contributed by atoms with Gasteiger partial charge in [0.25, 0.3) is 0 Å². The molecule has 92 valence electrons. The fourth-order valence-corrected chi connectivity index (χ4v) is 1.75. The lowest BCUT2D eigenvalue weighted by Gasteiger charge is -2.04. The minimum Gasteiger partial charge on any atom is -0.393 e. The summed E-state index contributed by atoms with van der Waals surface area (Å²) in [5, 5.41) is 9.06. The van der Waals surface area contributed by atoms with E-state index in [2.05, 4.69) is 0 Å². The molecule has 0 fully saturated rings. The fourth-order valence-electron chi connectivity index (χ4n) is 1.75. The van der Waals surface area contributed by atoms with Crippen LogP contribution in [0.25, 0.3) is 0 Å². The van der Waals surface area contributed by atoms with Crippen LogP contribution in [-0.4, -0.2) is 24.9 Å². The molecule has 1 atom stereocenters. The maximum Gasteiger partial charge on any atom is 0.0512 e. The number of methoxy groups -OCH3 is 1. The van der Waals surface area contributed by atoms with Gasteiger partial charge in [0, 0.05) is 13.7 Å². The Hall–Kier alpha value is -0.0800. The van der Waals surface area contributed by atoms with E-state index in [0.29, 0.717) is 0 Å². The van der Waals surface area contributed by atoms with Gasteiger partial charge >= 0.3 is 0 Å². The zero-order valence-corrected chi connectivity index (χ0v) is 10.5. The second kappa shape index (κ2) is 12.0. The van der Waals surface area contributed by atoms with Crippen molar-refractivity contribution in [2.24, 2.45) is 0 Å². The van der Waals surface area contributed by atoms with Crippen LogP contribution in [0, 0.1) is 0 Å². The van der Waals surface area contributed by atoms with Crippen molar-refractivity contribution in [2.75, 3.05) is 13.7 Å². The van der Waals surface area contributed by atoms with Crippen molar-refractivity contribution in [3.05, 3.63) is 0 Å². The average Bonchev–Trinajstić information content (AvgIpc) is 2.20. The van der Waals surface area contributed by atoms with Crippen molar-refractivity contribution >= 4 is 0 Å². The first kappa shape index (κ1) is 14.9. The number of aliphatic hydroxyl groups excluding tert-OH is 1. The summed E-state index contributed by atoms with van der Waals surface area (Å²) in [5.74, 6) is 0. The third-order valence-electron chi connectivity index (χ3n) is 2.72. The molecule has 2 heteroatoms. The Morgan fingerprint density at radius 3 is 1.80 bits per heavy atom. The highest BCUT2D eigenvalue weighted by atomic mass is 16.5. The predicted octanol–water partition coefficient (Wildman–Crippen LogP) is 3.52. The van der Waals surface area contributed by atoms with Crippen molar-refractivity contribution < 1.29 is 9.84 Å². The molecule has 0 spiro atoms. The van der Waals surface area contributed by atoms with Crippen LogP contribution in [0.5, 0.6) is 0 Å². The highest BCUT2D eigenvalue weighted by Gasteiger charge is 1.95. The van der Waals surface area contributed by atoms with Crippen molar-refractivity contribution in [2.45, 2.75) is 70.8 Å². The Balaban J connectivity index is 2.87. The minimum absolute atomic E-state index is 0.112. The molecule has 0 bridgehead atoms. The van der Waals surface area contributed by atoms with Gasteiger partial charge in [0.05, 0.1) is 6.10 Å². The van der Waals surface area contributed by atoms with Crippen molar-refractivity contribution in [3.8, 4) is 0 Å². The zero-order chi connectivity index (χ0) is 11.4. The molecule has 0 aromatic carbocycles. The summed E-state index contributed by atoms with van der Waals surface area (Å²) in [5.41, 5.74) is 0. The third-order valence-corrected chi connectivity index (χ3v) is 2.72. The molecule has 1 unspecified atom stereocenters. The molecule has 2 nitrogen and oxygen atoms in total. The number of hydrogen-bond acceptors (Lipinski definition) is 2. The molecule has 15 heavy (non-hydrogen) atoms. The molecule has 0 heterocycles. The summed E-state index contributed by atoms with van der Waals surface area (Å²) in [6.07, 6.45) is 11.2. The maximum atomic E-state index is 9.06. The average molecular weight is 216 g/mol. The van der Waals surface area contributed by atoms with E-state index in [0.717, 1.165) is 13.0 Å². The van der Waals surface area contributed by atoms with Gasteiger partial charge in [-0.05, 0) is 19.8 Å². The minimum atomic E-state index is -0.112. The smallest absolute Gasteiger partial charge is 0.0512 e. The Morgan fingerprint density at radius 1 is 0.867 bits per heavy atom. The van der Waals surface area contributed by atoms with Crippen LogP contribution < -0.4 is 0 Å². The van der Waals surface area contributed by atoms with Gasteiger partial charge in [-0.25, -0.2) is 0 Å². The van der Waals surface area contributed by atoms with Gasteiger partial charge in [-0.15, -0.1) is 0 Å². The maximum absolute atomic E-state index is 9.06. The molecule has 0 aromatic heterocycles. The van der Waals surface area contributed by atoms with Crippen LogP contribution in [0.4, 0.5) is 0 Å². The van der Waals surface area contributed by atoms with E-state index in [1.54, 1.807) is 7.11 Å². The third kappa shape index (κ3) is 13.9. The lowest BCUT2D eigenvalue weighted by Crippen LogP contribution is -1.98. The van der Waals surface area contributed by atoms with Crippen LogP contribution >= 0.6 is 0 Å². The van der Waals surface area contributed by atoms with E-state index < -0.39 is 0 Å². The van der Waals surface area contributed by atoms with Gasteiger partial charge < -0.3 is 9.84 Å². The largest absolute Gasteiger partial charge is 0.393 e. The topological polar surface area (TPSA) is 29.5 Å². The Bertz CT molecular complexity index is 113. The van der Waals surface area contributed by atoms with Crippen molar-refractivity contribution in [1.82, 2.24) is 0 Å². The van der Waals surface area contributed by atoms with Crippen molar-refractivity contribution in [3.63, 3.8) is 0 Å². The zero-order valence-electron chi connectivity index (χ0n) is 10.5. The first-order valence-corrected chi connectivity index (χ1v) is 6.44. The van der Waals surface area contributed by atoms with E-state index in [-0.39, 0.29) is 6.10 Å². The molecule has 0 saturated carbocycles. The summed E-state index contributed by atoms with van der Waals surface area (Å²) >= 11 is 0. The van der Waals surface area contributed by atoms with E-state index in [9.17, 15) is 0 Å². The Morgan fingerprint density at radius 2 is 1.33 bits per heavy atom. The standard InChI is InChI=1S/C13H28O2/c1-13(14)11-9-7-5-3-4-6-8-10-12-15-2/h13-14H,3-12H2,1-2H3. The summed E-state index contributed by atoms with van der Waals surface area (Å²) < 4.78 is 5.00. The summed E-state index contributed by atoms with van der Waals surface area (Å²) in [7, 11) is 1.77. The second-order valence-electron chi connectivity index (χ2n) is 4.46. The predicted molar refractivity (Wildman–Crippen MR) is 65.1 cm³/mol. The van der Waals surface area contributed by atoms with Crippen LogP contribution in [0.3, 0.4) is 0 Å². The number of aliphatic hydroxyl groups is 1. The van der Waals surface area contributed by atoms with Gasteiger partial charge in [0.15, 0.2) is 0 Å². The molecular weight excluding hydrogens is 188 g/mol. The number of ether oxygens (including phenoxy) is 1. The van der Waals surface area contributed by atoms with Gasteiger partial charge in [-0.3, -0.25) is 0 Å². The lowest BCUT2D eigenvalue weighted by molar-refractivity contribution is 0.180. The SMILES string of the molecule is COCCCCCCCCCCC(C)O. The molecule has 0 aliphatic carbocycles. The number of hydrogen-bond donors (Lipinski definition) is 1. The quantitative estimate of drug-likeness (QED) is 0.535. The fraction of sp³-hybridized carbons (Fsp3) is 1.00. The molecule has 0 aliphatic rings. The summed E-state index contributed by atoms with van der Waals surface area (Å²) in [4.78, 5) is 0. The first-order valence-electron chi connectivity index (χ1n) is 6.44. The summed E-state index contributed by atoms with van der Waals surface area (Å²) in [6, 6.07) is 0. The van der Waals surface area contributed by atoms with E-state index in [1.807, 2.05) is 6.92 Å². The second-order valence-corrected chi connectivity index (χ2v) is 4.46. The molecule has 0 radical (unpaired) electrons. The van der Waals surface area contributed by atoms with Crippen LogP contribution in [0.15, 0.2) is 0 Å².